The number of aliphatic carboxylic acids is 1. The first-order chi connectivity index (χ1) is 10.5. The van der Waals surface area contributed by atoms with Crippen LogP contribution in [0.1, 0.15) is 5.69 Å². The lowest BCUT2D eigenvalue weighted by molar-refractivity contribution is -0.304. The highest BCUT2D eigenvalue weighted by atomic mass is 16.4. The number of carboxylic acid groups (broad SMARTS) is 1. The SMILES string of the molecule is Cn1c(CC(=O)[O-])ccc1-c1cc(O)c2ccccc2c1O. The first-order valence-corrected chi connectivity index (χ1v) is 6.77. The van der Waals surface area contributed by atoms with E-state index in [0.717, 1.165) is 0 Å². The number of rotatable bonds is 3. The summed E-state index contributed by atoms with van der Waals surface area (Å²) < 4.78 is 1.67. The second-order valence-corrected chi connectivity index (χ2v) is 5.16. The van der Waals surface area contributed by atoms with E-state index >= 15 is 0 Å². The Kier molecular flexibility index (Phi) is 3.25. The van der Waals surface area contributed by atoms with Crippen LogP contribution in [0.5, 0.6) is 11.5 Å². The van der Waals surface area contributed by atoms with E-state index in [9.17, 15) is 20.1 Å². The van der Waals surface area contributed by atoms with Crippen molar-refractivity contribution in [2.24, 2.45) is 7.05 Å². The zero-order valence-corrected chi connectivity index (χ0v) is 11.9. The summed E-state index contributed by atoms with van der Waals surface area (Å²) >= 11 is 0. The van der Waals surface area contributed by atoms with Gasteiger partial charge in [0.1, 0.15) is 11.5 Å². The van der Waals surface area contributed by atoms with Gasteiger partial charge < -0.3 is 24.7 Å². The largest absolute Gasteiger partial charge is 0.550 e. The highest BCUT2D eigenvalue weighted by Crippen LogP contribution is 2.40. The lowest BCUT2D eigenvalue weighted by Crippen LogP contribution is -2.25. The molecule has 2 N–H and O–H groups in total. The minimum atomic E-state index is -1.17. The Balaban J connectivity index is 2.21. The number of hydrogen-bond donors (Lipinski definition) is 2. The zero-order chi connectivity index (χ0) is 15.9. The number of carbonyl (C=O) groups excluding carboxylic acids is 1. The number of aromatic hydroxyl groups is 2. The Labute approximate surface area is 126 Å². The number of phenolic OH excluding ortho intramolecular Hbond substituents is 2. The van der Waals surface area contributed by atoms with E-state index in [2.05, 4.69) is 0 Å². The molecule has 0 unspecified atom stereocenters. The summed E-state index contributed by atoms with van der Waals surface area (Å²) in [4.78, 5) is 10.7. The van der Waals surface area contributed by atoms with Crippen molar-refractivity contribution in [1.29, 1.82) is 0 Å². The fourth-order valence-electron chi connectivity index (χ4n) is 2.69. The number of hydrogen-bond acceptors (Lipinski definition) is 4. The molecule has 0 bridgehead atoms. The number of carboxylic acids is 1. The first kappa shape index (κ1) is 14.0. The molecule has 0 aliphatic carbocycles. The Hall–Kier alpha value is -2.95. The Bertz CT molecular complexity index is 880. The summed E-state index contributed by atoms with van der Waals surface area (Å²) in [6, 6.07) is 11.9. The monoisotopic (exact) mass is 296 g/mol. The predicted octanol–water partition coefficient (Wildman–Crippen LogP) is 1.55. The molecule has 0 atom stereocenters. The summed E-state index contributed by atoms with van der Waals surface area (Å²) in [5, 5.41) is 32.5. The van der Waals surface area contributed by atoms with Crippen molar-refractivity contribution in [1.82, 2.24) is 4.57 Å². The Morgan fingerprint density at radius 3 is 2.50 bits per heavy atom. The number of phenols is 2. The van der Waals surface area contributed by atoms with Crippen LogP contribution >= 0.6 is 0 Å². The van der Waals surface area contributed by atoms with Crippen molar-refractivity contribution < 1.29 is 20.1 Å². The number of benzene rings is 2. The molecule has 0 fully saturated rings. The topological polar surface area (TPSA) is 85.5 Å². The molecule has 0 aliphatic rings. The van der Waals surface area contributed by atoms with E-state index in [1.54, 1.807) is 48.0 Å². The van der Waals surface area contributed by atoms with Crippen LogP contribution < -0.4 is 5.11 Å². The van der Waals surface area contributed by atoms with Crippen molar-refractivity contribution >= 4 is 16.7 Å². The van der Waals surface area contributed by atoms with E-state index in [1.807, 2.05) is 0 Å². The van der Waals surface area contributed by atoms with E-state index < -0.39 is 5.97 Å². The number of aromatic nitrogens is 1. The third-order valence-corrected chi connectivity index (χ3v) is 3.82. The van der Waals surface area contributed by atoms with E-state index in [-0.39, 0.29) is 17.9 Å². The minimum absolute atomic E-state index is 0.0506. The maximum atomic E-state index is 10.7. The molecule has 112 valence electrons. The summed E-state index contributed by atoms with van der Waals surface area (Å²) in [5.74, 6) is -1.06. The molecule has 3 rings (SSSR count). The van der Waals surface area contributed by atoms with Gasteiger partial charge in [0.25, 0.3) is 0 Å². The van der Waals surface area contributed by atoms with Crippen molar-refractivity contribution in [3.05, 3.63) is 48.2 Å². The molecule has 0 saturated carbocycles. The van der Waals surface area contributed by atoms with Gasteiger partial charge in [-0.15, -0.1) is 0 Å². The lowest BCUT2D eigenvalue weighted by atomic mass is 10.0. The van der Waals surface area contributed by atoms with E-state index in [0.29, 0.717) is 27.7 Å². The molecule has 2 aromatic carbocycles. The summed E-state index contributed by atoms with van der Waals surface area (Å²) in [6.07, 6.45) is -0.211. The van der Waals surface area contributed by atoms with Gasteiger partial charge in [0, 0.05) is 41.5 Å². The van der Waals surface area contributed by atoms with Crippen molar-refractivity contribution in [3.8, 4) is 22.8 Å². The number of fused-ring (bicyclic) bond motifs is 1. The normalized spacial score (nSPS) is 11.0. The highest BCUT2D eigenvalue weighted by Gasteiger charge is 2.15. The van der Waals surface area contributed by atoms with Crippen LogP contribution in [0, 0.1) is 0 Å². The molecule has 0 saturated heterocycles. The van der Waals surface area contributed by atoms with Crippen LogP contribution in [0.2, 0.25) is 0 Å². The van der Waals surface area contributed by atoms with Crippen LogP contribution in [0.3, 0.4) is 0 Å². The van der Waals surface area contributed by atoms with E-state index in [4.69, 9.17) is 0 Å². The second kappa shape index (κ2) is 5.11. The molecule has 1 aromatic heterocycles. The predicted molar refractivity (Wildman–Crippen MR) is 80.4 cm³/mol. The van der Waals surface area contributed by atoms with Gasteiger partial charge in [0.15, 0.2) is 0 Å². The van der Waals surface area contributed by atoms with Gasteiger partial charge in [0.05, 0.1) is 5.69 Å². The molecular weight excluding hydrogens is 282 g/mol. The van der Waals surface area contributed by atoms with Crippen LogP contribution in [0.25, 0.3) is 22.0 Å². The minimum Gasteiger partial charge on any atom is -0.550 e. The van der Waals surface area contributed by atoms with Crippen molar-refractivity contribution in [3.63, 3.8) is 0 Å². The number of nitrogens with zero attached hydrogens (tertiary/aromatic N) is 1. The highest BCUT2D eigenvalue weighted by molar-refractivity contribution is 5.98. The standard InChI is InChI=1S/C17H15NO4/c1-18-10(8-16(20)21)6-7-14(18)13-9-15(19)11-4-2-3-5-12(11)17(13)22/h2-7,9,19,22H,8H2,1H3,(H,20,21)/p-1. The fraction of sp³-hybridized carbons (Fsp3) is 0.118. The van der Waals surface area contributed by atoms with Crippen molar-refractivity contribution in [2.75, 3.05) is 0 Å². The van der Waals surface area contributed by atoms with Gasteiger partial charge >= 0.3 is 0 Å². The van der Waals surface area contributed by atoms with Gasteiger partial charge in [-0.25, -0.2) is 0 Å². The first-order valence-electron chi connectivity index (χ1n) is 6.77. The maximum Gasteiger partial charge on any atom is 0.132 e. The van der Waals surface area contributed by atoms with Gasteiger partial charge in [-0.1, -0.05) is 24.3 Å². The maximum absolute atomic E-state index is 10.7. The smallest absolute Gasteiger partial charge is 0.132 e. The third-order valence-electron chi connectivity index (χ3n) is 3.82. The molecular formula is C17H14NO4-. The molecule has 1 heterocycles. The van der Waals surface area contributed by atoms with Gasteiger partial charge in [-0.2, -0.15) is 0 Å². The average molecular weight is 296 g/mol. The molecule has 5 heteroatoms. The van der Waals surface area contributed by atoms with Crippen LogP contribution in [0.4, 0.5) is 0 Å². The molecule has 22 heavy (non-hydrogen) atoms. The molecule has 0 amide bonds. The Morgan fingerprint density at radius 1 is 1.14 bits per heavy atom. The number of carbonyl (C=O) groups is 1. The second-order valence-electron chi connectivity index (χ2n) is 5.16. The van der Waals surface area contributed by atoms with Gasteiger partial charge in [-0.3, -0.25) is 0 Å². The molecule has 5 nitrogen and oxygen atoms in total. The molecule has 0 aliphatic heterocycles. The Morgan fingerprint density at radius 2 is 1.82 bits per heavy atom. The fourth-order valence-corrected chi connectivity index (χ4v) is 2.69. The molecule has 0 radical (unpaired) electrons. The van der Waals surface area contributed by atoms with Crippen LogP contribution in [0.15, 0.2) is 42.5 Å². The van der Waals surface area contributed by atoms with Crippen LogP contribution in [-0.4, -0.2) is 20.7 Å². The summed E-state index contributed by atoms with van der Waals surface area (Å²) in [6.45, 7) is 0. The van der Waals surface area contributed by atoms with Gasteiger partial charge in [-0.05, 0) is 18.2 Å². The quantitative estimate of drug-likeness (QED) is 0.718. The van der Waals surface area contributed by atoms with Gasteiger partial charge in [0.2, 0.25) is 0 Å². The van der Waals surface area contributed by atoms with E-state index in [1.165, 1.54) is 6.07 Å². The lowest BCUT2D eigenvalue weighted by Gasteiger charge is -2.12. The molecule has 3 aromatic rings. The summed E-state index contributed by atoms with van der Waals surface area (Å²) in [7, 11) is 1.71. The van der Waals surface area contributed by atoms with Crippen molar-refractivity contribution in [2.45, 2.75) is 6.42 Å². The molecule has 0 spiro atoms. The van der Waals surface area contributed by atoms with Crippen LogP contribution in [-0.2, 0) is 18.3 Å². The third kappa shape index (κ3) is 2.16. The zero-order valence-electron chi connectivity index (χ0n) is 11.9. The average Bonchev–Trinajstić information content (AvgIpc) is 2.84. The summed E-state index contributed by atoms with van der Waals surface area (Å²) in [5.41, 5.74) is 1.63.